The zero-order valence-corrected chi connectivity index (χ0v) is 11.6. The fraction of sp³-hybridized carbons (Fsp3) is 0.667. The molecule has 5 nitrogen and oxygen atoms in total. The Morgan fingerprint density at radius 2 is 2.22 bits per heavy atom. The van der Waals surface area contributed by atoms with Gasteiger partial charge in [-0.05, 0) is 31.8 Å². The molecule has 0 spiro atoms. The van der Waals surface area contributed by atoms with E-state index in [0.717, 1.165) is 25.3 Å². The van der Waals surface area contributed by atoms with E-state index in [1.165, 1.54) is 17.5 Å². The molecular formula is C12H19ClN4O. The summed E-state index contributed by atoms with van der Waals surface area (Å²) in [5.41, 5.74) is 0.477. The van der Waals surface area contributed by atoms with Gasteiger partial charge in [0.05, 0.1) is 11.9 Å². The molecule has 0 radical (unpaired) electrons. The molecule has 2 heterocycles. The number of halogens is 1. The normalized spacial score (nSPS) is 16.8. The predicted molar refractivity (Wildman–Crippen MR) is 73.4 cm³/mol. The molecule has 1 aliphatic heterocycles. The van der Waals surface area contributed by atoms with E-state index in [0.29, 0.717) is 5.92 Å². The van der Waals surface area contributed by atoms with Crippen LogP contribution in [0.3, 0.4) is 0 Å². The lowest BCUT2D eigenvalue weighted by Gasteiger charge is -2.28. The molecule has 1 N–H and O–H groups in total. The Morgan fingerprint density at radius 1 is 1.56 bits per heavy atom. The third-order valence-electron chi connectivity index (χ3n) is 3.46. The minimum atomic E-state index is -0.244. The van der Waals surface area contributed by atoms with Crippen LogP contribution in [-0.2, 0) is 7.05 Å². The van der Waals surface area contributed by atoms with Crippen molar-refractivity contribution in [3.8, 4) is 0 Å². The van der Waals surface area contributed by atoms with Gasteiger partial charge in [-0.1, -0.05) is 11.6 Å². The van der Waals surface area contributed by atoms with E-state index < -0.39 is 0 Å². The van der Waals surface area contributed by atoms with Crippen molar-refractivity contribution in [1.29, 1.82) is 0 Å². The third-order valence-corrected chi connectivity index (χ3v) is 3.82. The molecule has 18 heavy (non-hydrogen) atoms. The van der Waals surface area contributed by atoms with Gasteiger partial charge < -0.3 is 10.2 Å². The van der Waals surface area contributed by atoms with E-state index in [9.17, 15) is 4.79 Å². The first-order valence-corrected chi connectivity index (χ1v) is 6.61. The van der Waals surface area contributed by atoms with Crippen LogP contribution >= 0.6 is 11.6 Å². The Bertz CT molecular complexity index is 468. The second kappa shape index (κ2) is 5.71. The van der Waals surface area contributed by atoms with Crippen LogP contribution < -0.4 is 15.8 Å². The maximum atomic E-state index is 11.7. The highest BCUT2D eigenvalue weighted by molar-refractivity contribution is 6.33. The van der Waals surface area contributed by atoms with Crippen LogP contribution in [0.25, 0.3) is 0 Å². The van der Waals surface area contributed by atoms with Crippen LogP contribution in [0.5, 0.6) is 0 Å². The van der Waals surface area contributed by atoms with Crippen LogP contribution in [0.4, 0.5) is 5.69 Å². The highest BCUT2D eigenvalue weighted by Crippen LogP contribution is 2.22. The van der Waals surface area contributed by atoms with Gasteiger partial charge in [0, 0.05) is 20.6 Å². The smallest absolute Gasteiger partial charge is 0.287 e. The van der Waals surface area contributed by atoms with Crippen molar-refractivity contribution in [2.75, 3.05) is 31.6 Å². The fourth-order valence-corrected chi connectivity index (χ4v) is 2.63. The molecule has 6 heteroatoms. The summed E-state index contributed by atoms with van der Waals surface area (Å²) in [6, 6.07) is 0. The van der Waals surface area contributed by atoms with E-state index in [1.54, 1.807) is 13.2 Å². The quantitative estimate of drug-likeness (QED) is 0.886. The summed E-state index contributed by atoms with van der Waals surface area (Å²) >= 11 is 6.08. The van der Waals surface area contributed by atoms with E-state index >= 15 is 0 Å². The SMILES string of the molecule is CN(CC1CCNCC1)c1cnn(C)c(=O)c1Cl. The molecule has 1 aromatic heterocycles. The lowest BCUT2D eigenvalue weighted by atomic mass is 9.97. The monoisotopic (exact) mass is 270 g/mol. The number of rotatable bonds is 3. The van der Waals surface area contributed by atoms with Crippen molar-refractivity contribution in [1.82, 2.24) is 15.1 Å². The molecule has 0 saturated carbocycles. The number of hydrogen-bond acceptors (Lipinski definition) is 4. The van der Waals surface area contributed by atoms with E-state index in [2.05, 4.69) is 10.4 Å². The van der Waals surface area contributed by atoms with Gasteiger partial charge in [0.2, 0.25) is 0 Å². The van der Waals surface area contributed by atoms with Crippen LogP contribution in [0.15, 0.2) is 11.0 Å². The molecule has 1 aliphatic rings. The largest absolute Gasteiger partial charge is 0.372 e. The van der Waals surface area contributed by atoms with Gasteiger partial charge in [-0.25, -0.2) is 4.68 Å². The maximum Gasteiger partial charge on any atom is 0.287 e. The number of aromatic nitrogens is 2. The maximum absolute atomic E-state index is 11.7. The first kappa shape index (κ1) is 13.4. The van der Waals surface area contributed by atoms with E-state index in [1.807, 2.05) is 11.9 Å². The summed E-state index contributed by atoms with van der Waals surface area (Å²) in [6.07, 6.45) is 3.99. The molecule has 100 valence electrons. The topological polar surface area (TPSA) is 50.2 Å². The first-order chi connectivity index (χ1) is 8.59. The predicted octanol–water partition coefficient (Wildman–Crippen LogP) is 0.869. The Morgan fingerprint density at radius 3 is 2.89 bits per heavy atom. The molecule has 0 aromatic carbocycles. The van der Waals surface area contributed by atoms with E-state index in [4.69, 9.17) is 11.6 Å². The highest BCUT2D eigenvalue weighted by Gasteiger charge is 2.18. The first-order valence-electron chi connectivity index (χ1n) is 6.23. The van der Waals surface area contributed by atoms with Crippen molar-refractivity contribution in [2.24, 2.45) is 13.0 Å². The van der Waals surface area contributed by atoms with Crippen LogP contribution in [0, 0.1) is 5.92 Å². The lowest BCUT2D eigenvalue weighted by Crippen LogP contribution is -2.35. The Labute approximate surface area is 112 Å². The van der Waals surface area contributed by atoms with Gasteiger partial charge in [0.1, 0.15) is 5.02 Å². The molecule has 2 rings (SSSR count). The molecule has 1 saturated heterocycles. The molecule has 1 aromatic rings. The van der Waals surface area contributed by atoms with Gasteiger partial charge in [-0.3, -0.25) is 4.79 Å². The summed E-state index contributed by atoms with van der Waals surface area (Å²) in [5.74, 6) is 0.649. The summed E-state index contributed by atoms with van der Waals surface area (Å²) in [7, 11) is 3.56. The summed E-state index contributed by atoms with van der Waals surface area (Å²) in [5, 5.41) is 7.62. The zero-order chi connectivity index (χ0) is 13.1. The molecule has 1 fully saturated rings. The van der Waals surface area contributed by atoms with Gasteiger partial charge in [-0.2, -0.15) is 5.10 Å². The fourth-order valence-electron chi connectivity index (χ4n) is 2.32. The minimum Gasteiger partial charge on any atom is -0.372 e. The van der Waals surface area contributed by atoms with Gasteiger partial charge in [0.15, 0.2) is 0 Å². The minimum absolute atomic E-state index is 0.244. The van der Waals surface area contributed by atoms with Gasteiger partial charge in [-0.15, -0.1) is 0 Å². The number of anilines is 1. The molecule has 0 bridgehead atoms. The molecule has 0 amide bonds. The highest BCUT2D eigenvalue weighted by atomic mass is 35.5. The van der Waals surface area contributed by atoms with Gasteiger partial charge in [0.25, 0.3) is 5.56 Å². The van der Waals surface area contributed by atoms with Crippen molar-refractivity contribution in [2.45, 2.75) is 12.8 Å². The van der Waals surface area contributed by atoms with E-state index in [-0.39, 0.29) is 10.6 Å². The number of aryl methyl sites for hydroxylation is 1. The summed E-state index contributed by atoms with van der Waals surface area (Å²) < 4.78 is 1.25. The molecule has 0 unspecified atom stereocenters. The van der Waals surface area contributed by atoms with Crippen molar-refractivity contribution in [3.63, 3.8) is 0 Å². The average Bonchev–Trinajstić information content (AvgIpc) is 2.37. The van der Waals surface area contributed by atoms with Crippen molar-refractivity contribution in [3.05, 3.63) is 21.6 Å². The van der Waals surface area contributed by atoms with Crippen LogP contribution in [0.1, 0.15) is 12.8 Å². The van der Waals surface area contributed by atoms with Crippen LogP contribution in [0.2, 0.25) is 5.02 Å². The number of hydrogen-bond donors (Lipinski definition) is 1. The standard InChI is InChI=1S/C12H19ClN4O/c1-16(8-9-3-5-14-6-4-9)10-7-15-17(2)12(18)11(10)13/h7,9,14H,3-6,8H2,1-2H3. The molecule has 0 aliphatic carbocycles. The molecular weight excluding hydrogens is 252 g/mol. The Balaban J connectivity index is 2.11. The average molecular weight is 271 g/mol. The second-order valence-corrected chi connectivity index (χ2v) is 5.22. The van der Waals surface area contributed by atoms with Crippen molar-refractivity contribution >= 4 is 17.3 Å². The number of piperidine rings is 1. The second-order valence-electron chi connectivity index (χ2n) is 4.85. The Hall–Kier alpha value is -1.07. The Kier molecular flexibility index (Phi) is 4.24. The van der Waals surface area contributed by atoms with Gasteiger partial charge >= 0.3 is 0 Å². The summed E-state index contributed by atoms with van der Waals surface area (Å²) in [6.45, 7) is 3.05. The number of nitrogens with one attached hydrogen (secondary N) is 1. The van der Waals surface area contributed by atoms with Crippen molar-refractivity contribution < 1.29 is 0 Å². The summed E-state index contributed by atoms with van der Waals surface area (Å²) in [4.78, 5) is 13.8. The lowest BCUT2D eigenvalue weighted by molar-refractivity contribution is 0.378. The number of nitrogens with zero attached hydrogens (tertiary/aromatic N) is 3. The molecule has 0 atom stereocenters. The zero-order valence-electron chi connectivity index (χ0n) is 10.8. The third kappa shape index (κ3) is 2.84. The van der Waals surface area contributed by atoms with Crippen LogP contribution in [-0.4, -0.2) is 36.5 Å².